The van der Waals surface area contributed by atoms with Crippen molar-refractivity contribution in [2.24, 2.45) is 0 Å². The molecule has 2 aliphatic rings. The molecule has 0 saturated carbocycles. The fraction of sp³-hybridized carbons (Fsp3) is 0.333. The number of carbonyl (C=O) groups excluding carboxylic acids is 1. The predicted octanol–water partition coefficient (Wildman–Crippen LogP) is 3.27. The largest absolute Gasteiger partial charge is 0.497 e. The Kier molecular flexibility index (Phi) is 7.96. The number of hydrogen-bond acceptors (Lipinski definition) is 9. The Hall–Kier alpha value is -3.41. The zero-order chi connectivity index (χ0) is 26.6. The number of thiocarbonyl (C=S) groups is 1. The molecule has 9 nitrogen and oxygen atoms in total. The number of aromatic nitrogens is 2. The molecule has 0 radical (unpaired) electrons. The van der Waals surface area contributed by atoms with E-state index in [-0.39, 0.29) is 11.5 Å². The molecule has 1 amide bonds. The number of ether oxygens (including phenoxy) is 2. The highest BCUT2D eigenvalue weighted by molar-refractivity contribution is 8.26. The molecular formula is C27H29N5O4S2. The molecule has 2 fully saturated rings. The topological polar surface area (TPSA) is 79.6 Å². The fourth-order valence-corrected chi connectivity index (χ4v) is 5.91. The van der Waals surface area contributed by atoms with E-state index < -0.39 is 0 Å². The van der Waals surface area contributed by atoms with Crippen LogP contribution in [0.3, 0.4) is 0 Å². The zero-order valence-electron chi connectivity index (χ0n) is 21.3. The third-order valence-corrected chi connectivity index (χ3v) is 8.02. The summed E-state index contributed by atoms with van der Waals surface area (Å²) >= 11 is 6.69. The smallest absolute Gasteiger partial charge is 0.267 e. The van der Waals surface area contributed by atoms with Gasteiger partial charge in [0.1, 0.15) is 21.5 Å². The van der Waals surface area contributed by atoms with Crippen LogP contribution in [0, 0.1) is 0 Å². The summed E-state index contributed by atoms with van der Waals surface area (Å²) in [4.78, 5) is 38.1. The summed E-state index contributed by atoms with van der Waals surface area (Å²) in [6, 6.07) is 13.5. The molecule has 11 heteroatoms. The molecule has 0 N–H and O–H groups in total. The summed E-state index contributed by atoms with van der Waals surface area (Å²) in [5.74, 6) is 1.21. The van der Waals surface area contributed by atoms with Gasteiger partial charge in [-0.25, -0.2) is 4.98 Å². The maximum Gasteiger partial charge on any atom is 0.267 e. The Balaban J connectivity index is 1.45. The minimum Gasteiger partial charge on any atom is -0.497 e. The average Bonchev–Trinajstić information content (AvgIpc) is 3.22. The molecule has 0 spiro atoms. The minimum absolute atomic E-state index is 0.191. The van der Waals surface area contributed by atoms with Gasteiger partial charge in [0.2, 0.25) is 0 Å². The Morgan fingerprint density at radius 1 is 1.03 bits per heavy atom. The number of amides is 1. The number of carbonyl (C=O) groups is 1. The highest BCUT2D eigenvalue weighted by Crippen LogP contribution is 2.34. The van der Waals surface area contributed by atoms with Gasteiger partial charge in [-0.15, -0.1) is 0 Å². The van der Waals surface area contributed by atoms with Crippen LogP contribution in [0.15, 0.2) is 58.4 Å². The number of hydrogen-bond donors (Lipinski definition) is 0. The average molecular weight is 552 g/mol. The van der Waals surface area contributed by atoms with Crippen molar-refractivity contribution in [1.82, 2.24) is 14.3 Å². The van der Waals surface area contributed by atoms with E-state index in [1.807, 2.05) is 24.3 Å². The number of pyridine rings is 1. The van der Waals surface area contributed by atoms with Crippen molar-refractivity contribution < 1.29 is 14.3 Å². The molecule has 0 aliphatic carbocycles. The monoisotopic (exact) mass is 551 g/mol. The molecule has 2 aromatic heterocycles. The number of fused-ring (bicyclic) bond motifs is 1. The molecule has 0 atom stereocenters. The van der Waals surface area contributed by atoms with Gasteiger partial charge in [0.05, 0.1) is 17.6 Å². The van der Waals surface area contributed by atoms with Gasteiger partial charge >= 0.3 is 0 Å². The quantitative estimate of drug-likeness (QED) is 0.238. The van der Waals surface area contributed by atoms with Gasteiger partial charge in [-0.3, -0.25) is 18.9 Å². The third-order valence-electron chi connectivity index (χ3n) is 6.64. The Bertz CT molecular complexity index is 1430. The van der Waals surface area contributed by atoms with Gasteiger partial charge in [-0.05, 0) is 48.9 Å². The van der Waals surface area contributed by atoms with E-state index in [9.17, 15) is 9.59 Å². The van der Waals surface area contributed by atoms with Gasteiger partial charge in [-0.1, -0.05) is 30.0 Å². The second kappa shape index (κ2) is 11.5. The van der Waals surface area contributed by atoms with Crippen molar-refractivity contribution in [3.63, 3.8) is 0 Å². The van der Waals surface area contributed by atoms with Crippen LogP contribution in [-0.4, -0.2) is 78.1 Å². The maximum atomic E-state index is 13.7. The van der Waals surface area contributed by atoms with Crippen LogP contribution in [-0.2, 0) is 9.53 Å². The molecular weight excluding hydrogens is 522 g/mol. The lowest BCUT2D eigenvalue weighted by molar-refractivity contribution is -0.122. The lowest BCUT2D eigenvalue weighted by atomic mass is 10.2. The lowest BCUT2D eigenvalue weighted by Crippen LogP contribution is -2.47. The Morgan fingerprint density at radius 3 is 2.47 bits per heavy atom. The molecule has 0 unspecified atom stereocenters. The van der Waals surface area contributed by atoms with Crippen LogP contribution in [0.4, 0.5) is 11.5 Å². The maximum absolute atomic E-state index is 13.7. The summed E-state index contributed by atoms with van der Waals surface area (Å²) < 4.78 is 12.4. The number of anilines is 2. The zero-order valence-corrected chi connectivity index (χ0v) is 23.0. The van der Waals surface area contributed by atoms with Gasteiger partial charge in [0.25, 0.3) is 11.5 Å². The van der Waals surface area contributed by atoms with Crippen LogP contribution in [0.5, 0.6) is 5.75 Å². The van der Waals surface area contributed by atoms with Crippen LogP contribution in [0.1, 0.15) is 12.0 Å². The van der Waals surface area contributed by atoms with Crippen LogP contribution >= 0.6 is 24.0 Å². The summed E-state index contributed by atoms with van der Waals surface area (Å²) in [7, 11) is 3.28. The first-order valence-corrected chi connectivity index (χ1v) is 13.6. The molecule has 1 aromatic carbocycles. The van der Waals surface area contributed by atoms with E-state index in [4.69, 9.17) is 26.7 Å². The number of nitrogens with zero attached hydrogens (tertiary/aromatic N) is 5. The molecule has 4 heterocycles. The standard InChI is InChI=1S/C27H29N5O4S2/c1-35-17-5-12-32-26(34)22(38-27(32)37)18-21-24(28-23-6-3-4-11-31(23)25(21)33)30-15-13-29(14-16-30)19-7-9-20(36-2)10-8-19/h3-4,6-11,18H,5,12-17H2,1-2H3/b22-18-. The van der Waals surface area contributed by atoms with Crippen LogP contribution in [0.2, 0.25) is 0 Å². The number of thioether (sulfide) groups is 1. The van der Waals surface area contributed by atoms with Gasteiger partial charge in [0, 0.05) is 58.3 Å². The van der Waals surface area contributed by atoms with Crippen LogP contribution < -0.4 is 20.1 Å². The van der Waals surface area contributed by atoms with E-state index in [0.29, 0.717) is 58.9 Å². The first kappa shape index (κ1) is 26.2. The Morgan fingerprint density at radius 2 is 1.76 bits per heavy atom. The highest BCUT2D eigenvalue weighted by atomic mass is 32.2. The van der Waals surface area contributed by atoms with Crippen molar-refractivity contribution >= 4 is 57.4 Å². The van der Waals surface area contributed by atoms with E-state index in [1.165, 1.54) is 16.2 Å². The third kappa shape index (κ3) is 5.27. The minimum atomic E-state index is -0.215. The van der Waals surface area contributed by atoms with E-state index in [2.05, 4.69) is 21.9 Å². The van der Waals surface area contributed by atoms with Gasteiger partial charge in [-0.2, -0.15) is 0 Å². The molecule has 2 saturated heterocycles. The number of piperazine rings is 1. The molecule has 3 aromatic rings. The summed E-state index contributed by atoms with van der Waals surface area (Å²) in [5.41, 5.74) is 1.86. The summed E-state index contributed by atoms with van der Waals surface area (Å²) in [6.07, 6.45) is 4.04. The molecule has 38 heavy (non-hydrogen) atoms. The first-order valence-electron chi connectivity index (χ1n) is 12.4. The van der Waals surface area contributed by atoms with Crippen molar-refractivity contribution in [3.05, 3.63) is 69.5 Å². The van der Waals surface area contributed by atoms with E-state index in [0.717, 1.165) is 24.5 Å². The number of methoxy groups -OCH3 is 2. The molecule has 5 rings (SSSR count). The van der Waals surface area contributed by atoms with Gasteiger partial charge in [0.15, 0.2) is 0 Å². The number of benzene rings is 1. The lowest BCUT2D eigenvalue weighted by Gasteiger charge is -2.37. The first-order chi connectivity index (χ1) is 18.5. The molecule has 0 bridgehead atoms. The van der Waals surface area contributed by atoms with Crippen molar-refractivity contribution in [1.29, 1.82) is 0 Å². The van der Waals surface area contributed by atoms with Crippen molar-refractivity contribution in [2.75, 3.05) is 63.4 Å². The Labute approximate surface area is 230 Å². The molecule has 198 valence electrons. The van der Waals surface area contributed by atoms with Crippen molar-refractivity contribution in [2.45, 2.75) is 6.42 Å². The predicted molar refractivity (Wildman–Crippen MR) is 155 cm³/mol. The molecule has 2 aliphatic heterocycles. The van der Waals surface area contributed by atoms with E-state index >= 15 is 0 Å². The highest BCUT2D eigenvalue weighted by Gasteiger charge is 2.33. The second-order valence-electron chi connectivity index (χ2n) is 8.93. The normalized spacial score (nSPS) is 17.2. The van der Waals surface area contributed by atoms with E-state index in [1.54, 1.807) is 37.5 Å². The summed E-state index contributed by atoms with van der Waals surface area (Å²) in [5, 5.41) is 0. The van der Waals surface area contributed by atoms with Crippen LogP contribution in [0.25, 0.3) is 11.7 Å². The van der Waals surface area contributed by atoms with Gasteiger partial charge < -0.3 is 19.3 Å². The van der Waals surface area contributed by atoms with Crippen molar-refractivity contribution in [3.8, 4) is 5.75 Å². The summed E-state index contributed by atoms with van der Waals surface area (Å²) in [6.45, 7) is 3.91. The fourth-order valence-electron chi connectivity index (χ4n) is 4.62. The number of rotatable bonds is 8. The SMILES string of the molecule is COCCCN1C(=O)/C(=C/c2c(N3CCN(c4ccc(OC)cc4)CC3)nc3ccccn3c2=O)SC1=S. The second-order valence-corrected chi connectivity index (χ2v) is 10.6.